The molecule has 298 valence electrons. The summed E-state index contributed by atoms with van der Waals surface area (Å²) in [6, 6.07) is 26.1. The van der Waals surface area contributed by atoms with Crippen LogP contribution in [0.15, 0.2) is 151 Å². The maximum Gasteiger partial charge on any atom is 0.0562 e. The average molecular weight is 757 g/mol. The number of anilines is 3. The molecule has 4 aliphatic carbocycles. The summed E-state index contributed by atoms with van der Waals surface area (Å²) < 4.78 is 0. The summed E-state index contributed by atoms with van der Waals surface area (Å²) in [4.78, 5) is 5.03. The Kier molecular flexibility index (Phi) is 12.8. The highest BCUT2D eigenvalue weighted by Crippen LogP contribution is 2.80. The van der Waals surface area contributed by atoms with Crippen LogP contribution in [-0.4, -0.2) is 6.04 Å². The van der Waals surface area contributed by atoms with Gasteiger partial charge in [-0.1, -0.05) is 157 Å². The van der Waals surface area contributed by atoms with Crippen LogP contribution in [0, 0.1) is 11.3 Å². The molecule has 4 atom stereocenters. The lowest BCUT2D eigenvalue weighted by Gasteiger charge is -2.35. The first-order valence-corrected chi connectivity index (χ1v) is 22.4. The Morgan fingerprint density at radius 2 is 1.51 bits per heavy atom. The summed E-state index contributed by atoms with van der Waals surface area (Å²) in [6.07, 6.45) is 37.1. The van der Waals surface area contributed by atoms with Crippen molar-refractivity contribution in [2.24, 2.45) is 11.3 Å². The SMILES string of the molecule is C=C(/C=C(C)\C=C/C)N(c1ccccc1)c1ccc2c(c1)C1(c3cc(N(C4=CCCC=C4)C4C=C(C)C=CC4)ccc3-2)C(CCCCC)C1(C)CCCCCCC. The Morgan fingerprint density at radius 1 is 0.807 bits per heavy atom. The van der Waals surface area contributed by atoms with Gasteiger partial charge in [-0.25, -0.2) is 0 Å². The van der Waals surface area contributed by atoms with E-state index in [0.717, 1.165) is 30.6 Å². The Morgan fingerprint density at radius 3 is 2.19 bits per heavy atom. The summed E-state index contributed by atoms with van der Waals surface area (Å²) >= 11 is 0. The average Bonchev–Trinajstić information content (AvgIpc) is 3.61. The standard InChI is InChI=1S/C55H68N2/c1-8-11-13-14-22-36-54(7)53(31-17-12-9-2)55(54)51-39-47(56(44-26-18-15-19-27-44)43(6)37-41(4)24-10-3)32-34-49(51)50-35-33-48(40-52(50)55)57(45-28-20-16-21-29-45)46-30-23-25-42(5)38-46/h10,15,18-20,23-29,32-35,37-40,46,53H,6,8-9,11-14,16-17,21-22,30-31,36H2,1-5,7H3/b24-10-,41-37-. The van der Waals surface area contributed by atoms with E-state index in [-0.39, 0.29) is 10.8 Å². The van der Waals surface area contributed by atoms with Gasteiger partial charge in [0.2, 0.25) is 0 Å². The molecule has 0 N–H and O–H groups in total. The number of benzene rings is 3. The van der Waals surface area contributed by atoms with Crippen molar-refractivity contribution in [2.75, 3.05) is 9.80 Å². The van der Waals surface area contributed by atoms with Crippen LogP contribution < -0.4 is 9.80 Å². The second-order valence-corrected chi connectivity index (χ2v) is 17.5. The van der Waals surface area contributed by atoms with E-state index >= 15 is 0 Å². The van der Waals surface area contributed by atoms with E-state index in [4.69, 9.17) is 0 Å². The molecule has 0 amide bonds. The molecule has 3 aromatic rings. The molecular formula is C55H68N2. The third-order valence-corrected chi connectivity index (χ3v) is 13.6. The number of hydrogen-bond acceptors (Lipinski definition) is 2. The third-order valence-electron chi connectivity index (χ3n) is 13.6. The van der Waals surface area contributed by atoms with Gasteiger partial charge >= 0.3 is 0 Å². The highest BCUT2D eigenvalue weighted by molar-refractivity contribution is 5.89. The molecule has 0 aromatic heterocycles. The zero-order valence-corrected chi connectivity index (χ0v) is 36.0. The molecule has 7 rings (SSSR count). The van der Waals surface area contributed by atoms with Gasteiger partial charge < -0.3 is 9.80 Å². The van der Waals surface area contributed by atoms with E-state index in [1.165, 1.54) is 109 Å². The minimum absolute atomic E-state index is 0.0384. The molecule has 57 heavy (non-hydrogen) atoms. The molecular weight excluding hydrogens is 689 g/mol. The lowest BCUT2D eigenvalue weighted by molar-refractivity contribution is 0.398. The minimum Gasteiger partial charge on any atom is -0.335 e. The van der Waals surface area contributed by atoms with Gasteiger partial charge in [-0.05, 0) is 141 Å². The van der Waals surface area contributed by atoms with Gasteiger partial charge in [0.1, 0.15) is 0 Å². The molecule has 2 nitrogen and oxygen atoms in total. The molecule has 0 bridgehead atoms. The van der Waals surface area contributed by atoms with Crippen molar-refractivity contribution in [3.63, 3.8) is 0 Å². The predicted octanol–water partition coefficient (Wildman–Crippen LogP) is 16.0. The van der Waals surface area contributed by atoms with Crippen LogP contribution in [0.4, 0.5) is 17.1 Å². The van der Waals surface area contributed by atoms with Crippen LogP contribution in [0.1, 0.15) is 136 Å². The molecule has 0 saturated heterocycles. The first-order chi connectivity index (χ1) is 27.8. The van der Waals surface area contributed by atoms with Crippen LogP contribution in [-0.2, 0) is 5.41 Å². The lowest BCUT2D eigenvalue weighted by Crippen LogP contribution is -2.34. The highest BCUT2D eigenvalue weighted by Gasteiger charge is 2.76. The number of nitrogens with zero attached hydrogens (tertiary/aromatic N) is 2. The molecule has 4 unspecified atom stereocenters. The third kappa shape index (κ3) is 7.86. The predicted molar refractivity (Wildman–Crippen MR) is 248 cm³/mol. The number of para-hydroxylation sites is 1. The quantitative estimate of drug-likeness (QED) is 0.0942. The molecule has 1 saturated carbocycles. The lowest BCUT2D eigenvalue weighted by atomic mass is 9.81. The Hall–Kier alpha value is -4.56. The van der Waals surface area contributed by atoms with Crippen LogP contribution in [0.5, 0.6) is 0 Å². The van der Waals surface area contributed by atoms with Gasteiger partial charge in [0.25, 0.3) is 0 Å². The fourth-order valence-corrected chi connectivity index (χ4v) is 11.0. The Bertz CT molecular complexity index is 2090. The molecule has 4 aliphatic rings. The Balaban J connectivity index is 1.41. The number of hydrogen-bond donors (Lipinski definition) is 0. The van der Waals surface area contributed by atoms with Gasteiger partial charge in [-0.15, -0.1) is 0 Å². The molecule has 1 fully saturated rings. The first-order valence-electron chi connectivity index (χ1n) is 22.4. The molecule has 3 aromatic carbocycles. The maximum atomic E-state index is 4.69. The summed E-state index contributed by atoms with van der Waals surface area (Å²) in [7, 11) is 0. The van der Waals surface area contributed by atoms with Gasteiger partial charge in [-0.2, -0.15) is 0 Å². The van der Waals surface area contributed by atoms with Gasteiger partial charge in [-0.3, -0.25) is 0 Å². The second kappa shape index (κ2) is 17.9. The summed E-state index contributed by atoms with van der Waals surface area (Å²) in [5, 5.41) is 0. The number of unbranched alkanes of at least 4 members (excludes halogenated alkanes) is 6. The van der Waals surface area contributed by atoms with E-state index in [1.807, 2.05) is 0 Å². The summed E-state index contributed by atoms with van der Waals surface area (Å²) in [5.41, 5.74) is 14.6. The number of rotatable bonds is 18. The van der Waals surface area contributed by atoms with Crippen molar-refractivity contribution in [3.05, 3.63) is 162 Å². The van der Waals surface area contributed by atoms with Crippen LogP contribution >= 0.6 is 0 Å². The largest absolute Gasteiger partial charge is 0.335 e. The smallest absolute Gasteiger partial charge is 0.0562 e. The molecule has 0 radical (unpaired) electrons. The molecule has 0 heterocycles. The highest BCUT2D eigenvalue weighted by atomic mass is 15.2. The van der Waals surface area contributed by atoms with Crippen molar-refractivity contribution in [1.29, 1.82) is 0 Å². The summed E-state index contributed by atoms with van der Waals surface area (Å²) in [5.74, 6) is 0.598. The molecule has 0 aliphatic heterocycles. The van der Waals surface area contributed by atoms with Crippen molar-refractivity contribution >= 4 is 17.1 Å². The fourth-order valence-electron chi connectivity index (χ4n) is 11.0. The fraction of sp³-hybridized carbons (Fsp3) is 0.418. The van der Waals surface area contributed by atoms with Crippen molar-refractivity contribution in [1.82, 2.24) is 0 Å². The van der Waals surface area contributed by atoms with Crippen molar-refractivity contribution in [2.45, 2.75) is 136 Å². The maximum absolute atomic E-state index is 4.69. The number of allylic oxidation sites excluding steroid dienone is 9. The monoisotopic (exact) mass is 757 g/mol. The molecule has 2 heteroatoms. The topological polar surface area (TPSA) is 6.48 Å². The number of fused-ring (bicyclic) bond motifs is 5. The van der Waals surface area contributed by atoms with Gasteiger partial charge in [0, 0.05) is 33.9 Å². The van der Waals surface area contributed by atoms with Gasteiger partial charge in [0.05, 0.1) is 6.04 Å². The van der Waals surface area contributed by atoms with Gasteiger partial charge in [0.15, 0.2) is 0 Å². The normalized spacial score (nSPS) is 23.4. The summed E-state index contributed by atoms with van der Waals surface area (Å²) in [6.45, 7) is 18.6. The Labute approximate surface area is 346 Å². The van der Waals surface area contributed by atoms with Crippen LogP contribution in [0.25, 0.3) is 11.1 Å². The molecule has 1 spiro atoms. The van der Waals surface area contributed by atoms with Crippen molar-refractivity contribution in [3.8, 4) is 11.1 Å². The van der Waals surface area contributed by atoms with Crippen LogP contribution in [0.3, 0.4) is 0 Å². The van der Waals surface area contributed by atoms with E-state index in [1.54, 1.807) is 5.56 Å². The van der Waals surface area contributed by atoms with Crippen molar-refractivity contribution < 1.29 is 0 Å². The van der Waals surface area contributed by atoms with E-state index in [9.17, 15) is 0 Å². The van der Waals surface area contributed by atoms with E-state index in [0.29, 0.717) is 12.0 Å². The second-order valence-electron chi connectivity index (χ2n) is 17.5. The van der Waals surface area contributed by atoms with Crippen LogP contribution in [0.2, 0.25) is 0 Å². The minimum atomic E-state index is -0.0384. The zero-order valence-electron chi connectivity index (χ0n) is 36.0. The first kappa shape index (κ1) is 40.6. The van der Waals surface area contributed by atoms with E-state index in [2.05, 4.69) is 179 Å². The van der Waals surface area contributed by atoms with E-state index < -0.39 is 0 Å². The zero-order chi connectivity index (χ0) is 40.0.